The van der Waals surface area contributed by atoms with E-state index in [9.17, 15) is 0 Å². The van der Waals surface area contributed by atoms with Gasteiger partial charge in [-0.05, 0) is 32.2 Å². The molecule has 0 radical (unpaired) electrons. The summed E-state index contributed by atoms with van der Waals surface area (Å²) in [5.74, 6) is 0.680. The summed E-state index contributed by atoms with van der Waals surface area (Å²) in [6, 6.07) is 0.966. The molecular weight excluding hydrogens is 148 g/mol. The Morgan fingerprint density at radius 1 is 1.25 bits per heavy atom. The zero-order valence-corrected chi connectivity index (χ0v) is 8.93. The van der Waals surface area contributed by atoms with E-state index in [2.05, 4.69) is 33.0 Å². The Bertz CT molecular complexity index is 104. The second-order valence-corrected chi connectivity index (χ2v) is 3.73. The van der Waals surface area contributed by atoms with E-state index in [-0.39, 0.29) is 0 Å². The maximum absolute atomic E-state index is 5.88. The molecule has 0 spiro atoms. The lowest BCUT2D eigenvalue weighted by Crippen LogP contribution is -2.35. The second-order valence-electron chi connectivity index (χ2n) is 3.73. The first-order chi connectivity index (χ1) is 5.61. The Kier molecular flexibility index (Phi) is 6.39. The van der Waals surface area contributed by atoms with E-state index in [1.807, 2.05) is 0 Å². The van der Waals surface area contributed by atoms with Crippen molar-refractivity contribution in [1.29, 1.82) is 0 Å². The Morgan fingerprint density at radius 3 is 2.25 bits per heavy atom. The lowest BCUT2D eigenvalue weighted by atomic mass is 9.94. The summed E-state index contributed by atoms with van der Waals surface area (Å²) in [6.07, 6.45) is 2.22. The molecular formula is C10H24N2. The van der Waals surface area contributed by atoms with Gasteiger partial charge in [0.25, 0.3) is 0 Å². The first kappa shape index (κ1) is 11.9. The molecule has 0 saturated heterocycles. The minimum absolute atomic E-state index is 0.376. The highest BCUT2D eigenvalue weighted by molar-refractivity contribution is 4.72. The SMILES string of the molecule is CCNC(C)C(C)CC(N)CC. The van der Waals surface area contributed by atoms with Gasteiger partial charge in [-0.2, -0.15) is 0 Å². The third-order valence-electron chi connectivity index (χ3n) is 2.58. The van der Waals surface area contributed by atoms with Crippen LogP contribution in [-0.2, 0) is 0 Å². The van der Waals surface area contributed by atoms with Crippen LogP contribution in [0.3, 0.4) is 0 Å². The fraction of sp³-hybridized carbons (Fsp3) is 1.00. The Hall–Kier alpha value is -0.0800. The number of nitrogens with two attached hydrogens (primary N) is 1. The van der Waals surface area contributed by atoms with Crippen LogP contribution in [0.15, 0.2) is 0 Å². The molecule has 0 heterocycles. The highest BCUT2D eigenvalue weighted by atomic mass is 14.9. The van der Waals surface area contributed by atoms with Crippen molar-refractivity contribution in [2.24, 2.45) is 11.7 Å². The van der Waals surface area contributed by atoms with E-state index in [1.165, 1.54) is 0 Å². The van der Waals surface area contributed by atoms with Crippen molar-refractivity contribution < 1.29 is 0 Å². The minimum atomic E-state index is 0.376. The lowest BCUT2D eigenvalue weighted by Gasteiger charge is -2.23. The molecule has 74 valence electrons. The molecule has 0 aromatic carbocycles. The van der Waals surface area contributed by atoms with Gasteiger partial charge in [0.15, 0.2) is 0 Å². The molecule has 0 amide bonds. The van der Waals surface area contributed by atoms with Crippen LogP contribution in [0.4, 0.5) is 0 Å². The number of rotatable bonds is 6. The molecule has 0 aliphatic carbocycles. The lowest BCUT2D eigenvalue weighted by molar-refractivity contribution is 0.355. The minimum Gasteiger partial charge on any atom is -0.328 e. The average Bonchev–Trinajstić information content (AvgIpc) is 2.04. The second kappa shape index (κ2) is 6.44. The summed E-state index contributed by atoms with van der Waals surface area (Å²) in [5, 5.41) is 3.42. The summed E-state index contributed by atoms with van der Waals surface area (Å²) in [4.78, 5) is 0. The molecule has 3 atom stereocenters. The van der Waals surface area contributed by atoms with Crippen molar-refractivity contribution in [1.82, 2.24) is 5.32 Å². The molecule has 12 heavy (non-hydrogen) atoms. The quantitative estimate of drug-likeness (QED) is 0.640. The largest absolute Gasteiger partial charge is 0.328 e. The summed E-state index contributed by atoms with van der Waals surface area (Å²) in [6.45, 7) is 9.84. The van der Waals surface area contributed by atoms with E-state index >= 15 is 0 Å². The van der Waals surface area contributed by atoms with Gasteiger partial charge in [0.05, 0.1) is 0 Å². The van der Waals surface area contributed by atoms with Gasteiger partial charge in [0.2, 0.25) is 0 Å². The third-order valence-corrected chi connectivity index (χ3v) is 2.58. The molecule has 0 aromatic rings. The van der Waals surface area contributed by atoms with Crippen molar-refractivity contribution in [2.45, 2.75) is 52.6 Å². The van der Waals surface area contributed by atoms with Crippen molar-refractivity contribution in [3.63, 3.8) is 0 Å². The highest BCUT2D eigenvalue weighted by Crippen LogP contribution is 2.11. The van der Waals surface area contributed by atoms with Crippen LogP contribution in [0.5, 0.6) is 0 Å². The molecule has 0 aliphatic rings. The van der Waals surface area contributed by atoms with Crippen molar-refractivity contribution in [3.8, 4) is 0 Å². The van der Waals surface area contributed by atoms with Gasteiger partial charge >= 0.3 is 0 Å². The third kappa shape index (κ3) is 4.73. The fourth-order valence-electron chi connectivity index (χ4n) is 1.37. The van der Waals surface area contributed by atoms with Gasteiger partial charge in [-0.15, -0.1) is 0 Å². The van der Waals surface area contributed by atoms with E-state index in [0.717, 1.165) is 19.4 Å². The van der Waals surface area contributed by atoms with E-state index < -0.39 is 0 Å². The molecule has 0 bridgehead atoms. The molecule has 0 aromatic heterocycles. The van der Waals surface area contributed by atoms with Gasteiger partial charge < -0.3 is 11.1 Å². The van der Waals surface area contributed by atoms with E-state index in [1.54, 1.807) is 0 Å². The maximum Gasteiger partial charge on any atom is 0.00648 e. The summed E-state index contributed by atoms with van der Waals surface area (Å²) < 4.78 is 0. The number of hydrogen-bond donors (Lipinski definition) is 2. The zero-order chi connectivity index (χ0) is 9.56. The standard InChI is InChI=1S/C10H24N2/c1-5-10(11)7-8(3)9(4)12-6-2/h8-10,12H,5-7,11H2,1-4H3. The Labute approximate surface area is 76.9 Å². The predicted octanol–water partition coefficient (Wildman–Crippen LogP) is 1.75. The summed E-state index contributed by atoms with van der Waals surface area (Å²) in [7, 11) is 0. The number of nitrogens with one attached hydrogen (secondary N) is 1. The molecule has 3 N–H and O–H groups in total. The Balaban J connectivity index is 3.62. The monoisotopic (exact) mass is 172 g/mol. The first-order valence-corrected chi connectivity index (χ1v) is 5.10. The fourth-order valence-corrected chi connectivity index (χ4v) is 1.37. The van der Waals surface area contributed by atoms with Crippen LogP contribution in [0, 0.1) is 5.92 Å². The predicted molar refractivity (Wildman–Crippen MR) is 55.2 cm³/mol. The van der Waals surface area contributed by atoms with Crippen molar-refractivity contribution in [2.75, 3.05) is 6.54 Å². The zero-order valence-electron chi connectivity index (χ0n) is 8.93. The summed E-state index contributed by atoms with van der Waals surface area (Å²) in [5.41, 5.74) is 5.88. The number of hydrogen-bond acceptors (Lipinski definition) is 2. The molecule has 2 heteroatoms. The van der Waals surface area contributed by atoms with Gasteiger partial charge in [-0.1, -0.05) is 20.8 Å². The smallest absolute Gasteiger partial charge is 0.00648 e. The van der Waals surface area contributed by atoms with Crippen LogP contribution < -0.4 is 11.1 Å². The molecule has 0 aliphatic heterocycles. The van der Waals surface area contributed by atoms with E-state index in [0.29, 0.717) is 18.0 Å². The van der Waals surface area contributed by atoms with Gasteiger partial charge in [0.1, 0.15) is 0 Å². The highest BCUT2D eigenvalue weighted by Gasteiger charge is 2.13. The van der Waals surface area contributed by atoms with Crippen LogP contribution in [0.2, 0.25) is 0 Å². The summed E-state index contributed by atoms with van der Waals surface area (Å²) >= 11 is 0. The topological polar surface area (TPSA) is 38.0 Å². The van der Waals surface area contributed by atoms with Crippen molar-refractivity contribution in [3.05, 3.63) is 0 Å². The van der Waals surface area contributed by atoms with Crippen LogP contribution in [0.1, 0.15) is 40.5 Å². The van der Waals surface area contributed by atoms with Crippen LogP contribution >= 0.6 is 0 Å². The van der Waals surface area contributed by atoms with E-state index in [4.69, 9.17) is 5.73 Å². The first-order valence-electron chi connectivity index (χ1n) is 5.10. The maximum atomic E-state index is 5.88. The normalized spacial score (nSPS) is 18.8. The molecule has 2 nitrogen and oxygen atoms in total. The molecule has 0 saturated carbocycles. The van der Waals surface area contributed by atoms with Crippen molar-refractivity contribution >= 4 is 0 Å². The van der Waals surface area contributed by atoms with Gasteiger partial charge in [0, 0.05) is 12.1 Å². The molecule has 3 unspecified atom stereocenters. The van der Waals surface area contributed by atoms with Gasteiger partial charge in [-0.25, -0.2) is 0 Å². The Morgan fingerprint density at radius 2 is 1.83 bits per heavy atom. The van der Waals surface area contributed by atoms with Crippen LogP contribution in [-0.4, -0.2) is 18.6 Å². The molecule has 0 fully saturated rings. The molecule has 0 rings (SSSR count). The average molecular weight is 172 g/mol. The van der Waals surface area contributed by atoms with Crippen LogP contribution in [0.25, 0.3) is 0 Å². The van der Waals surface area contributed by atoms with Gasteiger partial charge in [-0.3, -0.25) is 0 Å².